The third kappa shape index (κ3) is 3.88. The van der Waals surface area contributed by atoms with Crippen LogP contribution in [0.4, 0.5) is 0 Å². The zero-order valence-electron chi connectivity index (χ0n) is 12.5. The minimum absolute atomic E-state index is 0.540. The van der Waals surface area contributed by atoms with E-state index >= 15 is 0 Å². The van der Waals surface area contributed by atoms with Crippen molar-refractivity contribution in [1.82, 2.24) is 10.2 Å². The van der Waals surface area contributed by atoms with Crippen LogP contribution in [-0.4, -0.2) is 30.1 Å². The molecular weight excluding hydrogens is 291 g/mol. The van der Waals surface area contributed by atoms with Gasteiger partial charge in [0.2, 0.25) is 0 Å². The first-order valence-corrected chi connectivity index (χ1v) is 8.15. The molecule has 0 aromatic heterocycles. The molecule has 0 bridgehead atoms. The van der Waals surface area contributed by atoms with Gasteiger partial charge in [0.1, 0.15) is 0 Å². The van der Waals surface area contributed by atoms with Gasteiger partial charge < -0.3 is 5.32 Å². The van der Waals surface area contributed by atoms with Gasteiger partial charge in [-0.3, -0.25) is 4.90 Å². The second kappa shape index (κ2) is 7.13. The van der Waals surface area contributed by atoms with Crippen molar-refractivity contribution in [2.45, 2.75) is 45.8 Å². The van der Waals surface area contributed by atoms with Crippen LogP contribution in [0.3, 0.4) is 0 Å². The quantitative estimate of drug-likeness (QED) is 0.899. The first-order chi connectivity index (χ1) is 9.49. The Morgan fingerprint density at radius 3 is 2.80 bits per heavy atom. The van der Waals surface area contributed by atoms with Gasteiger partial charge in [-0.1, -0.05) is 49.2 Å². The molecule has 1 heterocycles. The summed E-state index contributed by atoms with van der Waals surface area (Å²) in [7, 11) is 0. The Hall–Kier alpha value is -0.280. The molecule has 0 radical (unpaired) electrons. The Morgan fingerprint density at radius 2 is 2.10 bits per heavy atom. The predicted molar refractivity (Wildman–Crippen MR) is 87.6 cm³/mol. The standard InChI is InChI=1S/C16H24Cl2N2/c1-11(2)15-10-20(12(3)7-8-19-15)9-13-5-4-6-14(17)16(13)18/h4-6,11-12,15,19H,7-10H2,1-3H3. The highest BCUT2D eigenvalue weighted by Gasteiger charge is 2.25. The third-order valence-electron chi connectivity index (χ3n) is 4.23. The zero-order valence-corrected chi connectivity index (χ0v) is 14.0. The molecule has 1 aromatic carbocycles. The largest absolute Gasteiger partial charge is 0.312 e. The predicted octanol–water partition coefficient (Wildman–Crippen LogP) is 4.20. The van der Waals surface area contributed by atoms with E-state index in [-0.39, 0.29) is 0 Å². The maximum Gasteiger partial charge on any atom is 0.0637 e. The first-order valence-electron chi connectivity index (χ1n) is 7.39. The van der Waals surface area contributed by atoms with Crippen LogP contribution in [0.25, 0.3) is 0 Å². The lowest BCUT2D eigenvalue weighted by Crippen LogP contribution is -2.42. The molecule has 0 amide bonds. The highest BCUT2D eigenvalue weighted by atomic mass is 35.5. The van der Waals surface area contributed by atoms with E-state index in [0.29, 0.717) is 28.0 Å². The lowest BCUT2D eigenvalue weighted by atomic mass is 10.0. The molecule has 1 N–H and O–H groups in total. The van der Waals surface area contributed by atoms with E-state index in [2.05, 4.69) is 37.1 Å². The fourth-order valence-corrected chi connectivity index (χ4v) is 3.09. The summed E-state index contributed by atoms with van der Waals surface area (Å²) in [4.78, 5) is 2.52. The minimum atomic E-state index is 0.540. The Morgan fingerprint density at radius 1 is 1.35 bits per heavy atom. The molecule has 2 nitrogen and oxygen atoms in total. The van der Waals surface area contributed by atoms with E-state index in [1.54, 1.807) is 0 Å². The third-order valence-corrected chi connectivity index (χ3v) is 5.09. The fraction of sp³-hybridized carbons (Fsp3) is 0.625. The van der Waals surface area contributed by atoms with E-state index in [1.807, 2.05) is 12.1 Å². The molecule has 0 spiro atoms. The maximum atomic E-state index is 6.33. The van der Waals surface area contributed by atoms with Crippen LogP contribution in [0.2, 0.25) is 10.0 Å². The van der Waals surface area contributed by atoms with Gasteiger partial charge in [-0.2, -0.15) is 0 Å². The Bertz CT molecular complexity index is 448. The van der Waals surface area contributed by atoms with E-state index in [4.69, 9.17) is 23.2 Å². The molecule has 1 aromatic rings. The van der Waals surface area contributed by atoms with Gasteiger partial charge in [-0.15, -0.1) is 0 Å². The topological polar surface area (TPSA) is 15.3 Å². The number of rotatable bonds is 3. The Balaban J connectivity index is 2.14. The average Bonchev–Trinajstić information content (AvgIpc) is 2.58. The Kier molecular flexibility index (Phi) is 5.74. The van der Waals surface area contributed by atoms with Crippen molar-refractivity contribution < 1.29 is 0 Å². The van der Waals surface area contributed by atoms with Gasteiger partial charge in [-0.25, -0.2) is 0 Å². The monoisotopic (exact) mass is 314 g/mol. The molecule has 2 atom stereocenters. The van der Waals surface area contributed by atoms with Gasteiger partial charge in [0.25, 0.3) is 0 Å². The van der Waals surface area contributed by atoms with Crippen LogP contribution >= 0.6 is 23.2 Å². The summed E-state index contributed by atoms with van der Waals surface area (Å²) in [5.74, 6) is 0.637. The SMILES string of the molecule is CC(C)C1CN(Cc2cccc(Cl)c2Cl)C(C)CCN1. The molecule has 1 saturated heterocycles. The summed E-state index contributed by atoms with van der Waals surface area (Å²) in [6, 6.07) is 6.99. The van der Waals surface area contributed by atoms with Crippen molar-refractivity contribution in [2.75, 3.05) is 13.1 Å². The van der Waals surface area contributed by atoms with E-state index in [1.165, 1.54) is 6.42 Å². The van der Waals surface area contributed by atoms with Crippen LogP contribution in [0.5, 0.6) is 0 Å². The van der Waals surface area contributed by atoms with Crippen molar-refractivity contribution in [1.29, 1.82) is 0 Å². The van der Waals surface area contributed by atoms with Gasteiger partial charge in [-0.05, 0) is 37.4 Å². The van der Waals surface area contributed by atoms with E-state index in [0.717, 1.165) is 25.2 Å². The Labute approximate surface area is 132 Å². The average molecular weight is 315 g/mol. The first kappa shape index (κ1) is 16.1. The van der Waals surface area contributed by atoms with Crippen LogP contribution < -0.4 is 5.32 Å². The number of hydrogen-bond donors (Lipinski definition) is 1. The molecular formula is C16H24Cl2N2. The van der Waals surface area contributed by atoms with Gasteiger partial charge in [0, 0.05) is 25.2 Å². The summed E-state index contributed by atoms with van der Waals surface area (Å²) in [6.07, 6.45) is 1.17. The fourth-order valence-electron chi connectivity index (χ4n) is 2.71. The highest BCUT2D eigenvalue weighted by molar-refractivity contribution is 6.42. The molecule has 0 saturated carbocycles. The zero-order chi connectivity index (χ0) is 14.7. The van der Waals surface area contributed by atoms with Crippen LogP contribution in [0.15, 0.2) is 18.2 Å². The van der Waals surface area contributed by atoms with E-state index in [9.17, 15) is 0 Å². The molecule has 4 heteroatoms. The second-order valence-corrected chi connectivity index (χ2v) is 6.87. The summed E-state index contributed by atoms with van der Waals surface area (Å²) < 4.78 is 0. The van der Waals surface area contributed by atoms with Gasteiger partial charge in [0.15, 0.2) is 0 Å². The maximum absolute atomic E-state index is 6.33. The number of nitrogens with zero attached hydrogens (tertiary/aromatic N) is 1. The molecule has 0 aliphatic carbocycles. The molecule has 1 aliphatic heterocycles. The van der Waals surface area contributed by atoms with E-state index < -0.39 is 0 Å². The van der Waals surface area contributed by atoms with Crippen molar-refractivity contribution in [3.05, 3.63) is 33.8 Å². The normalized spacial score (nSPS) is 24.9. The van der Waals surface area contributed by atoms with Crippen LogP contribution in [0.1, 0.15) is 32.8 Å². The molecule has 112 valence electrons. The smallest absolute Gasteiger partial charge is 0.0637 e. The molecule has 2 rings (SSSR count). The van der Waals surface area contributed by atoms with Crippen molar-refractivity contribution in [2.24, 2.45) is 5.92 Å². The number of hydrogen-bond acceptors (Lipinski definition) is 2. The summed E-state index contributed by atoms with van der Waals surface area (Å²) in [5.41, 5.74) is 1.12. The second-order valence-electron chi connectivity index (χ2n) is 6.08. The number of halogens is 2. The summed E-state index contributed by atoms with van der Waals surface area (Å²) >= 11 is 12.4. The van der Waals surface area contributed by atoms with Crippen LogP contribution in [0, 0.1) is 5.92 Å². The van der Waals surface area contributed by atoms with Crippen molar-refractivity contribution in [3.8, 4) is 0 Å². The van der Waals surface area contributed by atoms with Crippen molar-refractivity contribution in [3.63, 3.8) is 0 Å². The number of benzene rings is 1. The molecule has 20 heavy (non-hydrogen) atoms. The summed E-state index contributed by atoms with van der Waals surface area (Å²) in [5, 5.41) is 4.99. The lowest BCUT2D eigenvalue weighted by Gasteiger charge is -2.30. The molecule has 1 aliphatic rings. The minimum Gasteiger partial charge on any atom is -0.312 e. The van der Waals surface area contributed by atoms with Crippen molar-refractivity contribution >= 4 is 23.2 Å². The molecule has 2 unspecified atom stereocenters. The number of nitrogens with one attached hydrogen (secondary N) is 1. The summed E-state index contributed by atoms with van der Waals surface area (Å²) in [6.45, 7) is 9.86. The van der Waals surface area contributed by atoms with Gasteiger partial charge >= 0.3 is 0 Å². The molecule has 1 fully saturated rings. The van der Waals surface area contributed by atoms with Gasteiger partial charge in [0.05, 0.1) is 10.0 Å². The lowest BCUT2D eigenvalue weighted by molar-refractivity contribution is 0.184. The highest BCUT2D eigenvalue weighted by Crippen LogP contribution is 2.27. The van der Waals surface area contributed by atoms with Crippen LogP contribution in [-0.2, 0) is 6.54 Å².